The van der Waals surface area contributed by atoms with Crippen molar-refractivity contribution < 1.29 is 9.53 Å². The number of ether oxygens (including phenoxy) is 1. The monoisotopic (exact) mass is 603 g/mol. The van der Waals surface area contributed by atoms with Gasteiger partial charge in [-0.05, 0) is 82.9 Å². The van der Waals surface area contributed by atoms with Crippen molar-refractivity contribution >= 4 is 46.1 Å². The molecule has 6 rings (SSSR count). The zero-order chi connectivity index (χ0) is 29.8. The number of aromatic nitrogens is 1. The average Bonchev–Trinajstić information content (AvgIpc) is 3.42. The Morgan fingerprint density at radius 1 is 0.837 bits per heavy atom. The molecule has 0 fully saturated rings. The van der Waals surface area contributed by atoms with E-state index in [9.17, 15) is 4.79 Å². The standard InChI is InChI=1S/C36H27Cl2N3O2/c1-24-14-19-34(27-9-3-2-4-10-27)41(24)30-17-15-28(16-18-30)36(42)40-39-22-25-20-32(37)35(33(38)21-25)43-23-29-12-7-11-26-8-5-6-13-31(26)29/h2-22H,23H2,1H3,(H,40,42)/b39-22+. The van der Waals surface area contributed by atoms with E-state index in [-0.39, 0.29) is 5.91 Å². The summed E-state index contributed by atoms with van der Waals surface area (Å²) in [6.45, 7) is 2.38. The fraction of sp³-hybridized carbons (Fsp3) is 0.0556. The molecule has 0 saturated heterocycles. The molecule has 5 nitrogen and oxygen atoms in total. The molecular weight excluding hydrogens is 577 g/mol. The number of carbonyl (C=O) groups is 1. The lowest BCUT2D eigenvalue weighted by molar-refractivity contribution is 0.0955. The second-order valence-corrected chi connectivity index (χ2v) is 10.9. The van der Waals surface area contributed by atoms with Gasteiger partial charge in [0, 0.05) is 16.9 Å². The molecule has 0 radical (unpaired) electrons. The predicted molar refractivity (Wildman–Crippen MR) is 176 cm³/mol. The largest absolute Gasteiger partial charge is 0.486 e. The van der Waals surface area contributed by atoms with Gasteiger partial charge in [0.1, 0.15) is 6.61 Å². The van der Waals surface area contributed by atoms with Crippen molar-refractivity contribution in [2.24, 2.45) is 5.10 Å². The zero-order valence-electron chi connectivity index (χ0n) is 23.3. The number of hydrogen-bond donors (Lipinski definition) is 1. The summed E-state index contributed by atoms with van der Waals surface area (Å²) in [5.41, 5.74) is 8.99. The number of benzene rings is 5. The van der Waals surface area contributed by atoms with Crippen LogP contribution >= 0.6 is 23.2 Å². The zero-order valence-corrected chi connectivity index (χ0v) is 24.8. The van der Waals surface area contributed by atoms with E-state index in [0.717, 1.165) is 39.0 Å². The maximum Gasteiger partial charge on any atom is 0.271 e. The minimum absolute atomic E-state index is 0.320. The third-order valence-electron chi connectivity index (χ3n) is 7.19. The molecule has 0 bridgehead atoms. The van der Waals surface area contributed by atoms with Gasteiger partial charge in [0.25, 0.3) is 5.91 Å². The first-order chi connectivity index (χ1) is 21.0. The molecule has 1 heterocycles. The topological polar surface area (TPSA) is 55.6 Å². The van der Waals surface area contributed by atoms with Crippen LogP contribution in [0.25, 0.3) is 27.7 Å². The Kier molecular flexibility index (Phi) is 8.27. The Balaban J connectivity index is 1.11. The van der Waals surface area contributed by atoms with Gasteiger partial charge in [0.15, 0.2) is 5.75 Å². The molecule has 0 saturated carbocycles. The fourth-order valence-electron chi connectivity index (χ4n) is 5.07. The van der Waals surface area contributed by atoms with Crippen LogP contribution in [-0.2, 0) is 6.61 Å². The normalized spacial score (nSPS) is 11.2. The van der Waals surface area contributed by atoms with Gasteiger partial charge >= 0.3 is 0 Å². The number of aryl methyl sites for hydroxylation is 1. The van der Waals surface area contributed by atoms with Crippen LogP contribution in [-0.4, -0.2) is 16.7 Å². The summed E-state index contributed by atoms with van der Waals surface area (Å²) in [4.78, 5) is 12.8. The molecule has 1 N–H and O–H groups in total. The third-order valence-corrected chi connectivity index (χ3v) is 7.75. The Labute approximate surface area is 260 Å². The van der Waals surface area contributed by atoms with Gasteiger partial charge in [-0.25, -0.2) is 5.43 Å². The lowest BCUT2D eigenvalue weighted by Gasteiger charge is -2.13. The van der Waals surface area contributed by atoms with Gasteiger partial charge < -0.3 is 9.30 Å². The predicted octanol–water partition coefficient (Wildman–Crippen LogP) is 9.26. The molecule has 7 heteroatoms. The number of nitrogens with zero attached hydrogens (tertiary/aromatic N) is 2. The smallest absolute Gasteiger partial charge is 0.271 e. The highest BCUT2D eigenvalue weighted by Gasteiger charge is 2.13. The van der Waals surface area contributed by atoms with Crippen molar-refractivity contribution in [3.8, 4) is 22.7 Å². The summed E-state index contributed by atoms with van der Waals surface area (Å²) in [5, 5.41) is 7.07. The van der Waals surface area contributed by atoms with Crippen LogP contribution in [0.5, 0.6) is 5.75 Å². The summed E-state index contributed by atoms with van der Waals surface area (Å²) >= 11 is 13.0. The van der Waals surface area contributed by atoms with Crippen LogP contribution in [0, 0.1) is 6.92 Å². The van der Waals surface area contributed by atoms with Gasteiger partial charge in [0.2, 0.25) is 0 Å². The molecule has 0 aliphatic rings. The quantitative estimate of drug-likeness (QED) is 0.139. The van der Waals surface area contributed by atoms with E-state index in [4.69, 9.17) is 27.9 Å². The molecule has 0 spiro atoms. The van der Waals surface area contributed by atoms with Crippen LogP contribution < -0.4 is 10.2 Å². The van der Waals surface area contributed by atoms with Crippen molar-refractivity contribution in [1.82, 2.24) is 9.99 Å². The number of amides is 1. The fourth-order valence-corrected chi connectivity index (χ4v) is 5.68. The van der Waals surface area contributed by atoms with E-state index in [2.05, 4.69) is 64.5 Å². The van der Waals surface area contributed by atoms with Gasteiger partial charge in [-0.3, -0.25) is 4.79 Å². The van der Waals surface area contributed by atoms with Crippen LogP contribution in [0.2, 0.25) is 10.0 Å². The summed E-state index contributed by atoms with van der Waals surface area (Å²) in [6, 6.07) is 39.4. The second-order valence-electron chi connectivity index (χ2n) is 10.0. The van der Waals surface area contributed by atoms with Crippen molar-refractivity contribution in [2.45, 2.75) is 13.5 Å². The van der Waals surface area contributed by atoms with Gasteiger partial charge in [-0.2, -0.15) is 5.10 Å². The number of nitrogens with one attached hydrogen (secondary N) is 1. The maximum atomic E-state index is 12.8. The highest BCUT2D eigenvalue weighted by molar-refractivity contribution is 6.37. The lowest BCUT2D eigenvalue weighted by atomic mass is 10.1. The Hall–Kier alpha value is -4.84. The van der Waals surface area contributed by atoms with E-state index < -0.39 is 0 Å². The molecule has 0 aliphatic heterocycles. The van der Waals surface area contributed by atoms with Crippen LogP contribution in [0.3, 0.4) is 0 Å². The first-order valence-electron chi connectivity index (χ1n) is 13.7. The molecule has 43 heavy (non-hydrogen) atoms. The van der Waals surface area contributed by atoms with Gasteiger partial charge in [-0.15, -0.1) is 0 Å². The number of hydrogen-bond acceptors (Lipinski definition) is 3. The first-order valence-corrected chi connectivity index (χ1v) is 14.5. The lowest BCUT2D eigenvalue weighted by Crippen LogP contribution is -2.17. The molecular formula is C36H27Cl2N3O2. The molecule has 0 atom stereocenters. The first kappa shape index (κ1) is 28.3. The van der Waals surface area contributed by atoms with Crippen molar-refractivity contribution in [2.75, 3.05) is 0 Å². The molecule has 6 aromatic rings. The minimum atomic E-state index is -0.331. The van der Waals surface area contributed by atoms with E-state index in [1.807, 2.05) is 54.6 Å². The molecule has 212 valence electrons. The van der Waals surface area contributed by atoms with E-state index in [0.29, 0.717) is 33.5 Å². The summed E-state index contributed by atoms with van der Waals surface area (Å²) in [5.74, 6) is 0.0634. The number of rotatable bonds is 8. The van der Waals surface area contributed by atoms with E-state index >= 15 is 0 Å². The van der Waals surface area contributed by atoms with Gasteiger partial charge in [-0.1, -0.05) is 96.0 Å². The third kappa shape index (κ3) is 6.19. The van der Waals surface area contributed by atoms with Crippen LogP contribution in [0.4, 0.5) is 0 Å². The Morgan fingerprint density at radius 2 is 1.53 bits per heavy atom. The SMILES string of the molecule is Cc1ccc(-c2ccccc2)n1-c1ccc(C(=O)N/N=C/c2cc(Cl)c(OCc3cccc4ccccc34)c(Cl)c2)cc1. The molecule has 1 amide bonds. The number of carbonyl (C=O) groups excluding carboxylic acids is 1. The second kappa shape index (κ2) is 12.6. The average molecular weight is 605 g/mol. The molecule has 5 aromatic carbocycles. The van der Waals surface area contributed by atoms with E-state index in [1.165, 1.54) is 6.21 Å². The van der Waals surface area contributed by atoms with Crippen molar-refractivity contribution in [1.29, 1.82) is 0 Å². The molecule has 0 unspecified atom stereocenters. The molecule has 0 aliphatic carbocycles. The summed E-state index contributed by atoms with van der Waals surface area (Å²) in [6.07, 6.45) is 1.49. The summed E-state index contributed by atoms with van der Waals surface area (Å²) in [7, 11) is 0. The number of hydrazone groups is 1. The minimum Gasteiger partial charge on any atom is -0.486 e. The maximum absolute atomic E-state index is 12.8. The Bertz CT molecular complexity index is 1920. The van der Waals surface area contributed by atoms with Gasteiger partial charge in [0.05, 0.1) is 22.0 Å². The van der Waals surface area contributed by atoms with Crippen LogP contribution in [0.15, 0.2) is 126 Å². The van der Waals surface area contributed by atoms with Crippen molar-refractivity contribution in [3.63, 3.8) is 0 Å². The Morgan fingerprint density at radius 3 is 2.30 bits per heavy atom. The highest BCUT2D eigenvalue weighted by atomic mass is 35.5. The van der Waals surface area contributed by atoms with Crippen LogP contribution in [0.1, 0.15) is 27.2 Å². The van der Waals surface area contributed by atoms with E-state index in [1.54, 1.807) is 24.3 Å². The van der Waals surface area contributed by atoms with Crippen molar-refractivity contribution in [3.05, 3.63) is 154 Å². The number of halogens is 2. The molecule has 1 aromatic heterocycles. The summed E-state index contributed by atoms with van der Waals surface area (Å²) < 4.78 is 8.18. The highest BCUT2D eigenvalue weighted by Crippen LogP contribution is 2.35. The number of fused-ring (bicyclic) bond motifs is 1.